The smallest absolute Gasteiger partial charge is 0.264 e. The largest absolute Gasteiger partial charge is 0.495 e. The first kappa shape index (κ1) is 34.5. The van der Waals surface area contributed by atoms with E-state index in [2.05, 4.69) is 5.32 Å². The highest BCUT2D eigenvalue weighted by molar-refractivity contribution is 7.92. The van der Waals surface area contributed by atoms with Gasteiger partial charge in [-0.05, 0) is 66.9 Å². The van der Waals surface area contributed by atoms with Crippen molar-refractivity contribution in [1.29, 1.82) is 0 Å². The van der Waals surface area contributed by atoms with E-state index in [0.29, 0.717) is 18.5 Å². The summed E-state index contributed by atoms with van der Waals surface area (Å²) in [5.41, 5.74) is 2.27. The Bertz CT molecular complexity index is 1740. The number of benzene rings is 4. The van der Waals surface area contributed by atoms with E-state index in [1.807, 2.05) is 44.2 Å². The van der Waals surface area contributed by atoms with Gasteiger partial charge in [0.2, 0.25) is 11.8 Å². The van der Waals surface area contributed by atoms with Crippen LogP contribution in [0, 0.1) is 12.7 Å². The van der Waals surface area contributed by atoms with Gasteiger partial charge in [-0.15, -0.1) is 0 Å². The predicted molar refractivity (Wildman–Crippen MR) is 178 cm³/mol. The second kappa shape index (κ2) is 15.7. The maximum absolute atomic E-state index is 14.5. The third-order valence-corrected chi connectivity index (χ3v) is 9.39. The van der Waals surface area contributed by atoms with Crippen LogP contribution in [0.4, 0.5) is 10.1 Å². The number of amides is 2. The van der Waals surface area contributed by atoms with Crippen molar-refractivity contribution in [3.63, 3.8) is 0 Å². The number of methoxy groups -OCH3 is 1. The maximum atomic E-state index is 14.5. The number of halogens is 2. The summed E-state index contributed by atoms with van der Waals surface area (Å²) in [5, 5.41) is 3.13. The zero-order valence-electron chi connectivity index (χ0n) is 26.0. The number of nitrogens with one attached hydrogen (secondary N) is 1. The van der Waals surface area contributed by atoms with Crippen LogP contribution in [0.3, 0.4) is 0 Å². The minimum absolute atomic E-state index is 0.0421. The van der Waals surface area contributed by atoms with Crippen molar-refractivity contribution in [1.82, 2.24) is 10.2 Å². The van der Waals surface area contributed by atoms with Crippen molar-refractivity contribution in [2.45, 2.75) is 44.2 Å². The number of carbonyl (C=O) groups excluding carboxylic acids is 2. The molecular weight excluding hydrogens is 629 g/mol. The molecule has 0 saturated carbocycles. The lowest BCUT2D eigenvalue weighted by Crippen LogP contribution is -2.53. The summed E-state index contributed by atoms with van der Waals surface area (Å²) >= 11 is 6.33. The molecule has 0 radical (unpaired) electrons. The van der Waals surface area contributed by atoms with Gasteiger partial charge in [-0.3, -0.25) is 13.9 Å². The molecule has 0 aliphatic heterocycles. The molecule has 242 valence electrons. The molecule has 0 spiro atoms. The molecule has 11 heteroatoms. The molecule has 8 nitrogen and oxygen atoms in total. The molecule has 4 aromatic carbocycles. The lowest BCUT2D eigenvalue weighted by molar-refractivity contribution is -0.140. The third-order valence-electron chi connectivity index (χ3n) is 7.38. The van der Waals surface area contributed by atoms with E-state index in [9.17, 15) is 22.4 Å². The van der Waals surface area contributed by atoms with Crippen LogP contribution in [0.2, 0.25) is 5.02 Å². The SMILES string of the molecule is CCCNC(=O)[C@H](Cc1ccccc1)N(Cc1ccc(F)cc1)C(=O)CN(c1cc(Cl)ccc1OC)S(=O)(=O)c1ccc(C)cc1. The van der Waals surface area contributed by atoms with Crippen molar-refractivity contribution in [3.8, 4) is 5.75 Å². The van der Waals surface area contributed by atoms with Crippen LogP contribution in [-0.2, 0) is 32.6 Å². The quantitative estimate of drug-likeness (QED) is 0.174. The van der Waals surface area contributed by atoms with Crippen molar-refractivity contribution < 1.29 is 27.1 Å². The molecule has 4 rings (SSSR count). The number of carbonyl (C=O) groups is 2. The predicted octanol–water partition coefficient (Wildman–Crippen LogP) is 6.16. The summed E-state index contributed by atoms with van der Waals surface area (Å²) < 4.78 is 48.8. The van der Waals surface area contributed by atoms with Crippen molar-refractivity contribution in [2.24, 2.45) is 0 Å². The highest BCUT2D eigenvalue weighted by Crippen LogP contribution is 2.35. The molecule has 0 saturated heterocycles. The molecule has 0 bridgehead atoms. The fourth-order valence-corrected chi connectivity index (χ4v) is 6.50. The fourth-order valence-electron chi connectivity index (χ4n) is 4.92. The highest BCUT2D eigenvalue weighted by Gasteiger charge is 2.35. The number of rotatable bonds is 14. The monoisotopic (exact) mass is 665 g/mol. The Morgan fingerprint density at radius 3 is 2.24 bits per heavy atom. The fraction of sp³-hybridized carbons (Fsp3) is 0.257. The van der Waals surface area contributed by atoms with Crippen molar-refractivity contribution in [2.75, 3.05) is 24.5 Å². The molecule has 4 aromatic rings. The van der Waals surface area contributed by atoms with E-state index in [4.69, 9.17) is 16.3 Å². The number of nitrogens with zero attached hydrogens (tertiary/aromatic N) is 2. The summed E-state index contributed by atoms with van der Waals surface area (Å²) in [7, 11) is -2.96. The minimum atomic E-state index is -4.35. The molecular formula is C35H37ClFN3O5S. The van der Waals surface area contributed by atoms with E-state index in [-0.39, 0.29) is 34.3 Å². The van der Waals surface area contributed by atoms with Crippen LogP contribution in [-0.4, -0.2) is 51.4 Å². The van der Waals surface area contributed by atoms with Crippen LogP contribution in [0.1, 0.15) is 30.0 Å². The van der Waals surface area contributed by atoms with Gasteiger partial charge in [0, 0.05) is 24.5 Å². The van der Waals surface area contributed by atoms with Gasteiger partial charge in [-0.1, -0.05) is 78.7 Å². The molecule has 0 aliphatic rings. The third kappa shape index (κ3) is 8.64. The molecule has 1 N–H and O–H groups in total. The lowest BCUT2D eigenvalue weighted by Gasteiger charge is -2.34. The Labute approximate surface area is 274 Å². The zero-order chi connectivity index (χ0) is 33.3. The average molecular weight is 666 g/mol. The summed E-state index contributed by atoms with van der Waals surface area (Å²) in [5.74, 6) is -1.32. The summed E-state index contributed by atoms with van der Waals surface area (Å²) in [4.78, 5) is 29.5. The first-order valence-electron chi connectivity index (χ1n) is 14.8. The Hall–Kier alpha value is -4.41. The summed E-state index contributed by atoms with van der Waals surface area (Å²) in [6.45, 7) is 3.37. The molecule has 0 heterocycles. The Morgan fingerprint density at radius 1 is 0.935 bits per heavy atom. The first-order chi connectivity index (χ1) is 22.0. The first-order valence-corrected chi connectivity index (χ1v) is 16.6. The van der Waals surface area contributed by atoms with E-state index in [1.54, 1.807) is 18.2 Å². The highest BCUT2D eigenvalue weighted by atomic mass is 35.5. The number of ether oxygens (including phenoxy) is 1. The van der Waals surface area contributed by atoms with E-state index in [1.165, 1.54) is 60.5 Å². The summed E-state index contributed by atoms with van der Waals surface area (Å²) in [6.07, 6.45) is 0.835. The minimum Gasteiger partial charge on any atom is -0.495 e. The number of sulfonamides is 1. The van der Waals surface area contributed by atoms with Crippen molar-refractivity contribution >= 4 is 39.1 Å². The molecule has 0 unspecified atom stereocenters. The molecule has 46 heavy (non-hydrogen) atoms. The number of anilines is 1. The van der Waals surface area contributed by atoms with Gasteiger partial charge in [0.15, 0.2) is 0 Å². The normalized spacial score (nSPS) is 11.8. The van der Waals surface area contributed by atoms with Gasteiger partial charge in [-0.2, -0.15) is 0 Å². The summed E-state index contributed by atoms with van der Waals surface area (Å²) in [6, 6.07) is 24.6. The van der Waals surface area contributed by atoms with Gasteiger partial charge < -0.3 is 15.0 Å². The van der Waals surface area contributed by atoms with E-state index < -0.39 is 40.2 Å². The van der Waals surface area contributed by atoms with E-state index >= 15 is 0 Å². The number of hydrogen-bond acceptors (Lipinski definition) is 5. The standard InChI is InChI=1S/C35H37ClFN3O5S/c1-4-20-38-35(42)32(21-26-8-6-5-7-9-26)39(23-27-12-15-29(37)16-13-27)34(41)24-40(31-22-28(36)14-19-33(31)45-3)46(43,44)30-17-10-25(2)11-18-30/h5-19,22,32H,4,20-21,23-24H2,1-3H3,(H,38,42)/t32-/m0/s1. The average Bonchev–Trinajstić information content (AvgIpc) is 3.05. The number of hydrogen-bond donors (Lipinski definition) is 1. The molecule has 2 amide bonds. The maximum Gasteiger partial charge on any atom is 0.264 e. The second-order valence-electron chi connectivity index (χ2n) is 10.8. The molecule has 0 aliphatic carbocycles. The van der Waals surface area contributed by atoms with Crippen molar-refractivity contribution in [3.05, 3.63) is 125 Å². The van der Waals surface area contributed by atoms with Gasteiger partial charge >= 0.3 is 0 Å². The van der Waals surface area contributed by atoms with Gasteiger partial charge in [-0.25, -0.2) is 12.8 Å². The zero-order valence-corrected chi connectivity index (χ0v) is 27.5. The molecule has 0 fully saturated rings. The Balaban J connectivity index is 1.84. The van der Waals surface area contributed by atoms with Crippen LogP contribution in [0.15, 0.2) is 102 Å². The topological polar surface area (TPSA) is 96.0 Å². The van der Waals surface area contributed by atoms with E-state index in [0.717, 1.165) is 15.4 Å². The van der Waals surface area contributed by atoms with Gasteiger partial charge in [0.05, 0.1) is 17.7 Å². The lowest BCUT2D eigenvalue weighted by atomic mass is 10.0. The van der Waals surface area contributed by atoms with Gasteiger partial charge in [0.1, 0.15) is 24.2 Å². The Kier molecular flexibility index (Phi) is 11.8. The number of aryl methyl sites for hydroxylation is 1. The van der Waals surface area contributed by atoms with Crippen LogP contribution < -0.4 is 14.4 Å². The van der Waals surface area contributed by atoms with Crippen LogP contribution >= 0.6 is 11.6 Å². The Morgan fingerprint density at radius 2 is 1.61 bits per heavy atom. The van der Waals surface area contributed by atoms with Crippen LogP contribution in [0.25, 0.3) is 0 Å². The van der Waals surface area contributed by atoms with Crippen LogP contribution in [0.5, 0.6) is 5.75 Å². The molecule has 0 aromatic heterocycles. The second-order valence-corrected chi connectivity index (χ2v) is 13.1. The van der Waals surface area contributed by atoms with Gasteiger partial charge in [0.25, 0.3) is 10.0 Å². The molecule has 1 atom stereocenters.